The molecule has 25 heavy (non-hydrogen) atoms. The van der Waals surface area contributed by atoms with Crippen molar-refractivity contribution < 1.29 is 8.85 Å². The first-order chi connectivity index (χ1) is 12.2. The molecule has 0 aromatic carbocycles. The van der Waals surface area contributed by atoms with Crippen LogP contribution in [0, 0.1) is 0 Å². The van der Waals surface area contributed by atoms with Crippen LogP contribution < -0.4 is 0 Å². The molecule has 3 heteroatoms. The molecule has 0 saturated heterocycles. The second kappa shape index (κ2) is 18.7. The third-order valence-corrected chi connectivity index (χ3v) is 7.19. The van der Waals surface area contributed by atoms with Crippen LogP contribution in [0.1, 0.15) is 110 Å². The molecule has 0 bridgehead atoms. The van der Waals surface area contributed by atoms with E-state index >= 15 is 0 Å². The zero-order valence-corrected chi connectivity index (χ0v) is 18.6. The van der Waals surface area contributed by atoms with Gasteiger partial charge in [-0.25, -0.2) is 0 Å². The topological polar surface area (TPSA) is 18.5 Å². The number of hydrogen-bond donors (Lipinski definition) is 0. The standard InChI is InChI=1S/C22H46O2Si/c1-5-8-10-12-13-14-15-16-17-18-20-22-24-25(4,7-3)23-21-19-11-9-6-2/h7H,3,5-6,8-22H2,1-2,4H3. The smallest absolute Gasteiger partial charge is 0.361 e. The van der Waals surface area contributed by atoms with E-state index in [1.807, 2.05) is 5.70 Å². The van der Waals surface area contributed by atoms with E-state index in [1.165, 1.54) is 83.5 Å². The van der Waals surface area contributed by atoms with E-state index in [1.54, 1.807) is 0 Å². The quantitative estimate of drug-likeness (QED) is 0.161. The van der Waals surface area contributed by atoms with Crippen molar-refractivity contribution in [1.29, 1.82) is 0 Å². The zero-order valence-electron chi connectivity index (χ0n) is 17.6. The first-order valence-corrected chi connectivity index (χ1v) is 13.5. The Kier molecular flexibility index (Phi) is 18.6. The maximum absolute atomic E-state index is 6.07. The Bertz CT molecular complexity index is 283. The molecule has 0 aliphatic heterocycles. The van der Waals surface area contributed by atoms with Crippen molar-refractivity contribution in [2.24, 2.45) is 0 Å². The molecular formula is C22H46O2Si. The van der Waals surface area contributed by atoms with Gasteiger partial charge in [-0.05, 0) is 25.1 Å². The van der Waals surface area contributed by atoms with Gasteiger partial charge >= 0.3 is 8.56 Å². The number of rotatable bonds is 20. The fourth-order valence-corrected chi connectivity index (χ4v) is 4.42. The Morgan fingerprint density at radius 2 is 0.920 bits per heavy atom. The molecule has 150 valence electrons. The van der Waals surface area contributed by atoms with E-state index < -0.39 is 8.56 Å². The van der Waals surface area contributed by atoms with E-state index in [0.29, 0.717) is 0 Å². The van der Waals surface area contributed by atoms with Crippen LogP contribution in [0.5, 0.6) is 0 Å². The zero-order chi connectivity index (χ0) is 18.6. The normalized spacial score (nSPS) is 13.7. The molecule has 0 radical (unpaired) electrons. The SMILES string of the molecule is C=C[Si](C)(OCCCCCC)OCCCCCCCCCCCCC. The van der Waals surface area contributed by atoms with E-state index in [4.69, 9.17) is 8.85 Å². The number of hydrogen-bond acceptors (Lipinski definition) is 2. The first-order valence-electron chi connectivity index (χ1n) is 11.1. The molecule has 0 heterocycles. The summed E-state index contributed by atoms with van der Waals surface area (Å²) in [6.45, 7) is 12.2. The van der Waals surface area contributed by atoms with Gasteiger partial charge in [0.2, 0.25) is 0 Å². The first kappa shape index (κ1) is 24.9. The Morgan fingerprint density at radius 3 is 1.28 bits per heavy atom. The van der Waals surface area contributed by atoms with Gasteiger partial charge in [-0.1, -0.05) is 97.3 Å². The molecule has 0 rings (SSSR count). The largest absolute Gasteiger partial charge is 0.391 e. The molecule has 0 aliphatic carbocycles. The van der Waals surface area contributed by atoms with Crippen molar-refractivity contribution in [3.8, 4) is 0 Å². The van der Waals surface area contributed by atoms with Crippen LogP contribution >= 0.6 is 0 Å². The van der Waals surface area contributed by atoms with Gasteiger partial charge in [0.1, 0.15) is 0 Å². The molecule has 0 aliphatic rings. The van der Waals surface area contributed by atoms with Crippen LogP contribution in [0.2, 0.25) is 6.55 Å². The summed E-state index contributed by atoms with van der Waals surface area (Å²) in [5, 5.41) is 0. The molecule has 0 saturated carbocycles. The van der Waals surface area contributed by atoms with Crippen LogP contribution in [0.4, 0.5) is 0 Å². The highest BCUT2D eigenvalue weighted by Crippen LogP contribution is 2.14. The van der Waals surface area contributed by atoms with Crippen LogP contribution in [-0.4, -0.2) is 21.8 Å². The summed E-state index contributed by atoms with van der Waals surface area (Å²) in [4.78, 5) is 0. The van der Waals surface area contributed by atoms with E-state index in [-0.39, 0.29) is 0 Å². The second-order valence-corrected chi connectivity index (χ2v) is 10.5. The Balaban J connectivity index is 3.44. The Morgan fingerprint density at radius 1 is 0.600 bits per heavy atom. The average Bonchev–Trinajstić information content (AvgIpc) is 2.62. The van der Waals surface area contributed by atoms with Crippen molar-refractivity contribution in [2.75, 3.05) is 13.2 Å². The highest BCUT2D eigenvalue weighted by Gasteiger charge is 2.26. The second-order valence-electron chi connectivity index (χ2n) is 7.51. The van der Waals surface area contributed by atoms with E-state index in [9.17, 15) is 0 Å². The summed E-state index contributed by atoms with van der Waals surface area (Å²) < 4.78 is 12.1. The van der Waals surface area contributed by atoms with Gasteiger partial charge in [-0.3, -0.25) is 0 Å². The molecule has 0 N–H and O–H groups in total. The predicted octanol–water partition coefficient (Wildman–Crippen LogP) is 7.71. The van der Waals surface area contributed by atoms with Crippen LogP contribution in [0.3, 0.4) is 0 Å². The minimum Gasteiger partial charge on any atom is -0.391 e. The van der Waals surface area contributed by atoms with Crippen molar-refractivity contribution in [3.63, 3.8) is 0 Å². The number of unbranched alkanes of at least 4 members (excludes halogenated alkanes) is 13. The minimum absolute atomic E-state index is 0.826. The molecule has 2 nitrogen and oxygen atoms in total. The third-order valence-electron chi connectivity index (χ3n) is 4.89. The molecule has 0 aromatic rings. The lowest BCUT2D eigenvalue weighted by Gasteiger charge is -2.23. The minimum atomic E-state index is -2.12. The summed E-state index contributed by atoms with van der Waals surface area (Å²) in [5.74, 6) is 0. The van der Waals surface area contributed by atoms with Gasteiger partial charge in [-0.15, -0.1) is 6.58 Å². The van der Waals surface area contributed by atoms with Crippen molar-refractivity contribution in [3.05, 3.63) is 12.3 Å². The molecule has 0 aromatic heterocycles. The van der Waals surface area contributed by atoms with Gasteiger partial charge in [-0.2, -0.15) is 0 Å². The molecule has 0 amide bonds. The van der Waals surface area contributed by atoms with Crippen LogP contribution in [0.15, 0.2) is 12.3 Å². The Labute approximate surface area is 160 Å². The molecular weight excluding hydrogens is 324 g/mol. The van der Waals surface area contributed by atoms with Gasteiger partial charge in [0.15, 0.2) is 0 Å². The predicted molar refractivity (Wildman–Crippen MR) is 114 cm³/mol. The lowest BCUT2D eigenvalue weighted by molar-refractivity contribution is 0.177. The van der Waals surface area contributed by atoms with Crippen molar-refractivity contribution >= 4 is 8.56 Å². The summed E-state index contributed by atoms with van der Waals surface area (Å²) in [6, 6.07) is 0. The molecule has 0 fully saturated rings. The van der Waals surface area contributed by atoms with Crippen molar-refractivity contribution in [1.82, 2.24) is 0 Å². The maximum Gasteiger partial charge on any atom is 0.361 e. The van der Waals surface area contributed by atoms with E-state index in [2.05, 4.69) is 27.0 Å². The highest BCUT2D eigenvalue weighted by atomic mass is 28.4. The lowest BCUT2D eigenvalue weighted by Crippen LogP contribution is -2.37. The van der Waals surface area contributed by atoms with Gasteiger partial charge in [0, 0.05) is 13.2 Å². The maximum atomic E-state index is 6.07. The summed E-state index contributed by atoms with van der Waals surface area (Å²) in [6.07, 6.45) is 20.0. The Hall–Kier alpha value is -0.123. The highest BCUT2D eigenvalue weighted by molar-refractivity contribution is 6.71. The molecule has 1 unspecified atom stereocenters. The summed E-state index contributed by atoms with van der Waals surface area (Å²) >= 11 is 0. The third kappa shape index (κ3) is 17.1. The fraction of sp³-hybridized carbons (Fsp3) is 0.909. The summed E-state index contributed by atoms with van der Waals surface area (Å²) in [7, 11) is -2.12. The van der Waals surface area contributed by atoms with Crippen LogP contribution in [-0.2, 0) is 8.85 Å². The fourth-order valence-electron chi connectivity index (χ4n) is 3.00. The van der Waals surface area contributed by atoms with Gasteiger partial charge < -0.3 is 8.85 Å². The molecule has 1 atom stereocenters. The van der Waals surface area contributed by atoms with Crippen molar-refractivity contribution in [2.45, 2.75) is 117 Å². The van der Waals surface area contributed by atoms with Gasteiger partial charge in [0.25, 0.3) is 0 Å². The van der Waals surface area contributed by atoms with Crippen LogP contribution in [0.25, 0.3) is 0 Å². The van der Waals surface area contributed by atoms with Gasteiger partial charge in [0.05, 0.1) is 0 Å². The monoisotopic (exact) mass is 370 g/mol. The average molecular weight is 371 g/mol. The van der Waals surface area contributed by atoms with E-state index in [0.717, 1.165) is 26.1 Å². The molecule has 0 spiro atoms. The summed E-state index contributed by atoms with van der Waals surface area (Å²) in [5.41, 5.74) is 1.94. The lowest BCUT2D eigenvalue weighted by atomic mass is 10.1.